The Bertz CT molecular complexity index is 665. The highest BCUT2D eigenvalue weighted by molar-refractivity contribution is 5.86. The van der Waals surface area contributed by atoms with E-state index in [1.807, 2.05) is 0 Å². The van der Waals surface area contributed by atoms with E-state index in [0.29, 0.717) is 11.3 Å². The summed E-state index contributed by atoms with van der Waals surface area (Å²) in [6, 6.07) is 3.69. The highest BCUT2D eigenvalue weighted by atomic mass is 19.1. The molecule has 1 aromatic heterocycles. The van der Waals surface area contributed by atoms with E-state index in [1.165, 1.54) is 6.92 Å². The first kappa shape index (κ1) is 14.0. The van der Waals surface area contributed by atoms with Gasteiger partial charge < -0.3 is 14.8 Å². The average molecular weight is 281 g/mol. The van der Waals surface area contributed by atoms with Crippen LogP contribution in [0.1, 0.15) is 27.4 Å². The lowest BCUT2D eigenvalue weighted by atomic mass is 10.2. The maximum Gasteiger partial charge on any atom is 0.372 e. The molecule has 0 spiro atoms. The Hall–Kier alpha value is -2.37. The number of anilines is 1. The zero-order chi connectivity index (χ0) is 14.9. The van der Waals surface area contributed by atoms with E-state index in [2.05, 4.69) is 5.32 Å². The molecule has 0 aliphatic heterocycles. The summed E-state index contributed by atoms with van der Waals surface area (Å²) in [5.41, 5.74) is 0.693. The number of hydrogen-bond acceptors (Lipinski definition) is 3. The Kier molecular flexibility index (Phi) is 3.74. The number of aromatic carboxylic acids is 1. The summed E-state index contributed by atoms with van der Waals surface area (Å²) in [6.45, 7) is 3.13. The number of aryl methyl sites for hydroxylation is 2. The van der Waals surface area contributed by atoms with Crippen LogP contribution in [0.4, 0.5) is 14.5 Å². The van der Waals surface area contributed by atoms with Gasteiger partial charge in [0.05, 0.1) is 12.2 Å². The van der Waals surface area contributed by atoms with E-state index in [0.717, 1.165) is 12.1 Å². The molecule has 106 valence electrons. The second-order valence-electron chi connectivity index (χ2n) is 4.46. The summed E-state index contributed by atoms with van der Waals surface area (Å²) >= 11 is 0. The van der Waals surface area contributed by atoms with Crippen LogP contribution in [-0.4, -0.2) is 11.1 Å². The fourth-order valence-electron chi connectivity index (χ4n) is 1.81. The second kappa shape index (κ2) is 5.32. The minimum atomic E-state index is -1.17. The van der Waals surface area contributed by atoms with Crippen molar-refractivity contribution in [3.63, 3.8) is 0 Å². The quantitative estimate of drug-likeness (QED) is 0.900. The Morgan fingerprint density at radius 3 is 2.50 bits per heavy atom. The lowest BCUT2D eigenvalue weighted by Gasteiger charge is -2.07. The van der Waals surface area contributed by atoms with Crippen molar-refractivity contribution >= 4 is 11.7 Å². The van der Waals surface area contributed by atoms with Crippen molar-refractivity contribution in [2.24, 2.45) is 0 Å². The summed E-state index contributed by atoms with van der Waals surface area (Å²) in [4.78, 5) is 10.8. The predicted molar refractivity (Wildman–Crippen MR) is 68.8 cm³/mol. The third-order valence-corrected chi connectivity index (χ3v) is 2.86. The Labute approximate surface area is 114 Å². The molecule has 1 aromatic carbocycles. The average Bonchev–Trinajstić information content (AvgIpc) is 2.74. The lowest BCUT2D eigenvalue weighted by Crippen LogP contribution is -2.02. The van der Waals surface area contributed by atoms with Crippen LogP contribution >= 0.6 is 0 Å². The van der Waals surface area contributed by atoms with Gasteiger partial charge in [-0.25, -0.2) is 13.6 Å². The van der Waals surface area contributed by atoms with Gasteiger partial charge >= 0.3 is 5.97 Å². The summed E-state index contributed by atoms with van der Waals surface area (Å²) in [6.07, 6.45) is 0. The molecule has 0 radical (unpaired) electrons. The highest BCUT2D eigenvalue weighted by Gasteiger charge is 2.14. The minimum Gasteiger partial charge on any atom is -0.475 e. The summed E-state index contributed by atoms with van der Waals surface area (Å²) in [7, 11) is 0. The molecule has 0 aliphatic carbocycles. The van der Waals surface area contributed by atoms with E-state index >= 15 is 0 Å². The maximum atomic E-state index is 13.6. The zero-order valence-corrected chi connectivity index (χ0v) is 11.0. The van der Waals surface area contributed by atoms with Crippen molar-refractivity contribution in [1.82, 2.24) is 0 Å². The molecule has 0 unspecified atom stereocenters. The van der Waals surface area contributed by atoms with Gasteiger partial charge in [0.25, 0.3) is 0 Å². The third-order valence-electron chi connectivity index (χ3n) is 2.86. The molecule has 0 fully saturated rings. The smallest absolute Gasteiger partial charge is 0.372 e. The van der Waals surface area contributed by atoms with Crippen molar-refractivity contribution in [3.8, 4) is 0 Å². The van der Waals surface area contributed by atoms with Crippen molar-refractivity contribution < 1.29 is 23.1 Å². The second-order valence-corrected chi connectivity index (χ2v) is 4.46. The first-order valence-electron chi connectivity index (χ1n) is 5.90. The molecule has 0 saturated heterocycles. The number of carbonyl (C=O) groups is 1. The molecule has 6 heteroatoms. The number of benzene rings is 1. The number of furan rings is 1. The maximum absolute atomic E-state index is 13.6. The van der Waals surface area contributed by atoms with Gasteiger partial charge in [-0.1, -0.05) is 0 Å². The predicted octanol–water partition coefficient (Wildman–Crippen LogP) is 3.48. The van der Waals surface area contributed by atoms with Crippen LogP contribution in [0.3, 0.4) is 0 Å². The van der Waals surface area contributed by atoms with Gasteiger partial charge in [0.2, 0.25) is 5.76 Å². The van der Waals surface area contributed by atoms with E-state index in [9.17, 15) is 13.6 Å². The number of rotatable bonds is 4. The molecule has 1 heterocycles. The van der Waals surface area contributed by atoms with Gasteiger partial charge in [-0.2, -0.15) is 0 Å². The van der Waals surface area contributed by atoms with Crippen LogP contribution in [0.25, 0.3) is 0 Å². The van der Waals surface area contributed by atoms with E-state index in [4.69, 9.17) is 9.52 Å². The third kappa shape index (κ3) is 2.79. The van der Waals surface area contributed by atoms with Crippen molar-refractivity contribution in [2.75, 3.05) is 5.32 Å². The van der Waals surface area contributed by atoms with Gasteiger partial charge in [-0.3, -0.25) is 0 Å². The number of hydrogen-bond donors (Lipinski definition) is 2. The van der Waals surface area contributed by atoms with Crippen LogP contribution in [0, 0.1) is 25.5 Å². The van der Waals surface area contributed by atoms with E-state index in [-0.39, 0.29) is 23.6 Å². The fourth-order valence-corrected chi connectivity index (χ4v) is 1.81. The number of nitrogens with one attached hydrogen (secondary N) is 1. The monoisotopic (exact) mass is 281 g/mol. The number of halogens is 2. The Morgan fingerprint density at radius 1 is 1.20 bits per heavy atom. The van der Waals surface area contributed by atoms with E-state index < -0.39 is 17.6 Å². The van der Waals surface area contributed by atoms with Crippen LogP contribution < -0.4 is 5.32 Å². The summed E-state index contributed by atoms with van der Waals surface area (Å²) in [5, 5.41) is 11.5. The number of carboxylic acids is 1. The van der Waals surface area contributed by atoms with E-state index in [1.54, 1.807) is 13.0 Å². The van der Waals surface area contributed by atoms with Gasteiger partial charge in [-0.05, 0) is 31.5 Å². The van der Waals surface area contributed by atoms with Crippen molar-refractivity contribution in [3.05, 3.63) is 52.5 Å². The van der Waals surface area contributed by atoms with Gasteiger partial charge in [0.15, 0.2) is 0 Å². The zero-order valence-electron chi connectivity index (χ0n) is 11.0. The van der Waals surface area contributed by atoms with Gasteiger partial charge in [0, 0.05) is 11.6 Å². The molecule has 2 N–H and O–H groups in total. The SMILES string of the molecule is Cc1cc(F)c(NCc2cc(C)c(C(=O)O)o2)cc1F. The Balaban J connectivity index is 2.15. The van der Waals surface area contributed by atoms with Crippen LogP contribution in [-0.2, 0) is 6.54 Å². The molecule has 0 bridgehead atoms. The summed E-state index contributed by atoms with van der Waals surface area (Å²) in [5.74, 6) is -2.08. The molecule has 4 nitrogen and oxygen atoms in total. The minimum absolute atomic E-state index is 0.000900. The van der Waals surface area contributed by atoms with Crippen LogP contribution in [0.5, 0.6) is 0 Å². The standard InChI is InChI=1S/C14H13F2NO3/c1-7-4-11(16)12(5-10(7)15)17-6-9-3-8(2)13(20-9)14(18)19/h3-5,17H,6H2,1-2H3,(H,18,19). The molecule has 2 rings (SSSR count). The van der Waals surface area contributed by atoms with Crippen LogP contribution in [0.15, 0.2) is 22.6 Å². The van der Waals surface area contributed by atoms with Crippen LogP contribution in [0.2, 0.25) is 0 Å². The number of carboxylic acid groups (broad SMARTS) is 1. The largest absolute Gasteiger partial charge is 0.475 e. The molecular weight excluding hydrogens is 268 g/mol. The molecule has 0 amide bonds. The fraction of sp³-hybridized carbons (Fsp3) is 0.214. The first-order chi connectivity index (χ1) is 9.38. The topological polar surface area (TPSA) is 62.5 Å². The first-order valence-corrected chi connectivity index (χ1v) is 5.90. The van der Waals surface area contributed by atoms with Crippen molar-refractivity contribution in [1.29, 1.82) is 0 Å². The van der Waals surface area contributed by atoms with Gasteiger partial charge in [0.1, 0.15) is 17.4 Å². The normalized spacial score (nSPS) is 10.6. The van der Waals surface area contributed by atoms with Gasteiger partial charge in [-0.15, -0.1) is 0 Å². The molecule has 20 heavy (non-hydrogen) atoms. The summed E-state index contributed by atoms with van der Waals surface area (Å²) < 4.78 is 32.1. The van der Waals surface area contributed by atoms with Crippen molar-refractivity contribution in [2.45, 2.75) is 20.4 Å². The molecule has 0 saturated carbocycles. The molecular formula is C14H13F2NO3. The molecule has 0 aliphatic rings. The molecule has 2 aromatic rings. The Morgan fingerprint density at radius 2 is 1.90 bits per heavy atom. The highest BCUT2D eigenvalue weighted by Crippen LogP contribution is 2.21. The lowest BCUT2D eigenvalue weighted by molar-refractivity contribution is 0.0659. The molecule has 0 atom stereocenters.